The summed E-state index contributed by atoms with van der Waals surface area (Å²) in [5, 5.41) is 7.97. The van der Waals surface area contributed by atoms with Crippen LogP contribution in [0.1, 0.15) is 37.1 Å². The Morgan fingerprint density at radius 2 is 2.47 bits per heavy atom. The Labute approximate surface area is 103 Å². The highest BCUT2D eigenvalue weighted by Gasteiger charge is 2.27. The first kappa shape index (κ1) is 12.6. The maximum Gasteiger partial charge on any atom is 0.0669 e. The van der Waals surface area contributed by atoms with E-state index in [2.05, 4.69) is 23.5 Å². The molecule has 2 atom stereocenters. The van der Waals surface area contributed by atoms with Crippen LogP contribution in [0.15, 0.2) is 6.20 Å². The van der Waals surface area contributed by atoms with Crippen molar-refractivity contribution in [3.8, 4) is 0 Å². The molecule has 1 aromatic heterocycles. The SMILES string of the molecule is CCc1nn(C)cc1C(NC)C1CCCOC1. The molecule has 1 aliphatic heterocycles. The number of nitrogens with one attached hydrogen (secondary N) is 1. The average molecular weight is 237 g/mol. The van der Waals surface area contributed by atoms with Gasteiger partial charge in [-0.15, -0.1) is 0 Å². The highest BCUT2D eigenvalue weighted by atomic mass is 16.5. The molecule has 0 amide bonds. The largest absolute Gasteiger partial charge is 0.381 e. The first-order chi connectivity index (χ1) is 8.26. The van der Waals surface area contributed by atoms with Gasteiger partial charge in [-0.1, -0.05) is 6.92 Å². The summed E-state index contributed by atoms with van der Waals surface area (Å²) < 4.78 is 7.52. The van der Waals surface area contributed by atoms with Gasteiger partial charge in [-0.25, -0.2) is 0 Å². The lowest BCUT2D eigenvalue weighted by Crippen LogP contribution is -2.31. The molecule has 4 heteroatoms. The normalized spacial score (nSPS) is 22.6. The fourth-order valence-corrected chi connectivity index (χ4v) is 2.76. The van der Waals surface area contributed by atoms with Crippen molar-refractivity contribution < 1.29 is 4.74 Å². The van der Waals surface area contributed by atoms with Crippen molar-refractivity contribution in [1.29, 1.82) is 0 Å². The van der Waals surface area contributed by atoms with Crippen molar-refractivity contribution in [1.82, 2.24) is 15.1 Å². The van der Waals surface area contributed by atoms with E-state index < -0.39 is 0 Å². The van der Waals surface area contributed by atoms with Crippen LogP contribution >= 0.6 is 0 Å². The maximum absolute atomic E-state index is 5.60. The molecule has 2 rings (SSSR count). The number of ether oxygens (including phenoxy) is 1. The Hall–Kier alpha value is -0.870. The van der Waals surface area contributed by atoms with Crippen molar-refractivity contribution in [2.75, 3.05) is 20.3 Å². The van der Waals surface area contributed by atoms with Gasteiger partial charge < -0.3 is 10.1 Å². The van der Waals surface area contributed by atoms with Gasteiger partial charge in [0.2, 0.25) is 0 Å². The van der Waals surface area contributed by atoms with Gasteiger partial charge in [-0.2, -0.15) is 5.10 Å². The second-order valence-corrected chi connectivity index (χ2v) is 4.80. The molecule has 96 valence electrons. The minimum atomic E-state index is 0.374. The predicted octanol–water partition coefficient (Wildman–Crippen LogP) is 1.67. The molecule has 0 radical (unpaired) electrons. The van der Waals surface area contributed by atoms with E-state index in [9.17, 15) is 0 Å². The van der Waals surface area contributed by atoms with E-state index in [1.165, 1.54) is 24.1 Å². The Kier molecular flexibility index (Phi) is 4.18. The van der Waals surface area contributed by atoms with Crippen molar-refractivity contribution >= 4 is 0 Å². The van der Waals surface area contributed by atoms with Gasteiger partial charge in [-0.05, 0) is 26.3 Å². The number of rotatable bonds is 4. The van der Waals surface area contributed by atoms with Crippen LogP contribution in [0, 0.1) is 5.92 Å². The first-order valence-corrected chi connectivity index (χ1v) is 6.53. The monoisotopic (exact) mass is 237 g/mol. The summed E-state index contributed by atoms with van der Waals surface area (Å²) in [7, 11) is 4.03. The Bertz CT molecular complexity index is 356. The van der Waals surface area contributed by atoms with E-state index in [-0.39, 0.29) is 0 Å². The van der Waals surface area contributed by atoms with Crippen molar-refractivity contribution in [3.05, 3.63) is 17.5 Å². The molecular weight excluding hydrogens is 214 g/mol. The van der Waals surface area contributed by atoms with Crippen molar-refractivity contribution in [3.63, 3.8) is 0 Å². The minimum absolute atomic E-state index is 0.374. The third kappa shape index (κ3) is 2.69. The number of hydrogen-bond donors (Lipinski definition) is 1. The summed E-state index contributed by atoms with van der Waals surface area (Å²) in [6, 6.07) is 0.374. The molecule has 2 heterocycles. The second-order valence-electron chi connectivity index (χ2n) is 4.80. The third-order valence-electron chi connectivity index (χ3n) is 3.59. The molecular formula is C13H23N3O. The van der Waals surface area contributed by atoms with Crippen molar-refractivity contribution in [2.24, 2.45) is 13.0 Å². The molecule has 1 aliphatic rings. The fraction of sp³-hybridized carbons (Fsp3) is 0.769. The Morgan fingerprint density at radius 3 is 3.06 bits per heavy atom. The number of aromatic nitrogens is 2. The summed E-state index contributed by atoms with van der Waals surface area (Å²) in [5.74, 6) is 0.572. The molecule has 1 aromatic rings. The zero-order valence-electron chi connectivity index (χ0n) is 11.1. The van der Waals surface area contributed by atoms with Crippen LogP contribution in [0.5, 0.6) is 0 Å². The van der Waals surface area contributed by atoms with Gasteiger partial charge in [0.25, 0.3) is 0 Å². The lowest BCUT2D eigenvalue weighted by Gasteiger charge is -2.30. The van der Waals surface area contributed by atoms with E-state index in [1.807, 2.05) is 18.8 Å². The van der Waals surface area contributed by atoms with E-state index >= 15 is 0 Å². The van der Waals surface area contributed by atoms with E-state index in [4.69, 9.17) is 4.74 Å². The summed E-state index contributed by atoms with van der Waals surface area (Å²) in [5.41, 5.74) is 2.55. The minimum Gasteiger partial charge on any atom is -0.381 e. The van der Waals surface area contributed by atoms with E-state index in [0.717, 1.165) is 19.6 Å². The Balaban J connectivity index is 2.20. The van der Waals surface area contributed by atoms with Gasteiger partial charge in [-0.3, -0.25) is 4.68 Å². The van der Waals surface area contributed by atoms with Gasteiger partial charge in [0.15, 0.2) is 0 Å². The highest BCUT2D eigenvalue weighted by molar-refractivity contribution is 5.22. The van der Waals surface area contributed by atoms with Gasteiger partial charge >= 0.3 is 0 Å². The summed E-state index contributed by atoms with van der Waals surface area (Å²) in [4.78, 5) is 0. The van der Waals surface area contributed by atoms with Gasteiger partial charge in [0.1, 0.15) is 0 Å². The first-order valence-electron chi connectivity index (χ1n) is 6.53. The van der Waals surface area contributed by atoms with E-state index in [1.54, 1.807) is 0 Å². The van der Waals surface area contributed by atoms with Crippen LogP contribution in [-0.4, -0.2) is 30.0 Å². The van der Waals surface area contributed by atoms with Crippen LogP contribution in [-0.2, 0) is 18.2 Å². The molecule has 1 N–H and O–H groups in total. The summed E-state index contributed by atoms with van der Waals surface area (Å²) in [6.45, 7) is 3.94. The van der Waals surface area contributed by atoms with Gasteiger partial charge in [0.05, 0.1) is 12.3 Å². The molecule has 17 heavy (non-hydrogen) atoms. The maximum atomic E-state index is 5.60. The zero-order chi connectivity index (χ0) is 12.3. The standard InChI is InChI=1S/C13H23N3O/c1-4-12-11(8-16(3)15-12)13(14-2)10-6-5-7-17-9-10/h8,10,13-14H,4-7,9H2,1-3H3. The Morgan fingerprint density at radius 1 is 1.65 bits per heavy atom. The molecule has 0 aromatic carbocycles. The van der Waals surface area contributed by atoms with E-state index in [0.29, 0.717) is 12.0 Å². The van der Waals surface area contributed by atoms with Gasteiger partial charge in [0, 0.05) is 37.4 Å². The average Bonchev–Trinajstić information content (AvgIpc) is 2.73. The summed E-state index contributed by atoms with van der Waals surface area (Å²) >= 11 is 0. The predicted molar refractivity (Wildman–Crippen MR) is 67.9 cm³/mol. The number of aryl methyl sites for hydroxylation is 2. The van der Waals surface area contributed by atoms with Crippen LogP contribution in [0.25, 0.3) is 0 Å². The number of nitrogens with zero attached hydrogens (tertiary/aromatic N) is 2. The zero-order valence-corrected chi connectivity index (χ0v) is 11.1. The summed E-state index contributed by atoms with van der Waals surface area (Å²) in [6.07, 6.45) is 5.55. The topological polar surface area (TPSA) is 39.1 Å². The van der Waals surface area contributed by atoms with Crippen LogP contribution in [0.4, 0.5) is 0 Å². The molecule has 0 spiro atoms. The second kappa shape index (κ2) is 5.65. The number of hydrogen-bond acceptors (Lipinski definition) is 3. The third-order valence-corrected chi connectivity index (χ3v) is 3.59. The molecule has 2 unspecified atom stereocenters. The fourth-order valence-electron chi connectivity index (χ4n) is 2.76. The lowest BCUT2D eigenvalue weighted by molar-refractivity contribution is 0.0401. The smallest absolute Gasteiger partial charge is 0.0669 e. The quantitative estimate of drug-likeness (QED) is 0.866. The molecule has 0 saturated carbocycles. The van der Waals surface area contributed by atoms with Crippen LogP contribution < -0.4 is 5.32 Å². The van der Waals surface area contributed by atoms with Crippen molar-refractivity contribution in [2.45, 2.75) is 32.2 Å². The molecule has 0 aliphatic carbocycles. The van der Waals surface area contributed by atoms with Crippen LogP contribution in [0.3, 0.4) is 0 Å². The molecule has 0 bridgehead atoms. The lowest BCUT2D eigenvalue weighted by atomic mass is 9.88. The van der Waals surface area contributed by atoms with Crippen LogP contribution in [0.2, 0.25) is 0 Å². The molecule has 4 nitrogen and oxygen atoms in total. The molecule has 1 fully saturated rings. The highest BCUT2D eigenvalue weighted by Crippen LogP contribution is 2.30. The molecule has 1 saturated heterocycles.